The van der Waals surface area contributed by atoms with Gasteiger partial charge in [0.1, 0.15) is 0 Å². The molecule has 1 N–H and O–H groups in total. The van der Waals surface area contributed by atoms with E-state index in [0.717, 1.165) is 25.3 Å². The van der Waals surface area contributed by atoms with Gasteiger partial charge in [-0.25, -0.2) is 0 Å². The third-order valence-electron chi connectivity index (χ3n) is 4.09. The molecule has 1 amide bonds. The monoisotopic (exact) mass is 274 g/mol. The predicted molar refractivity (Wildman–Crippen MR) is 82.3 cm³/mol. The maximum absolute atomic E-state index is 12.0. The number of carbonyl (C=O) groups excluding carboxylic acids is 1. The van der Waals surface area contributed by atoms with Crippen LogP contribution in [0.5, 0.6) is 0 Å². The Balaban J connectivity index is 1.71. The smallest absolute Gasteiger partial charge is 0.234 e. The molecule has 1 aliphatic rings. The van der Waals surface area contributed by atoms with E-state index < -0.39 is 0 Å². The zero-order valence-corrected chi connectivity index (χ0v) is 12.6. The summed E-state index contributed by atoms with van der Waals surface area (Å²) in [5.74, 6) is 0.979. The summed E-state index contributed by atoms with van der Waals surface area (Å²) < 4.78 is 0. The van der Waals surface area contributed by atoms with Crippen molar-refractivity contribution in [2.45, 2.75) is 45.2 Å². The van der Waals surface area contributed by atoms with E-state index in [0.29, 0.717) is 12.6 Å². The van der Waals surface area contributed by atoms with Crippen LogP contribution in [-0.4, -0.2) is 30.4 Å². The summed E-state index contributed by atoms with van der Waals surface area (Å²) >= 11 is 0. The molecule has 0 spiro atoms. The molecule has 3 heteroatoms. The standard InChI is InChI=1S/C17H26N2O/c1-14-8-10-16(11-9-14)18-17(20)13-19(2)12-15-6-4-3-5-7-15/h3-7,14,16H,8-13H2,1-2H3,(H,18,20). The maximum atomic E-state index is 12.0. The van der Waals surface area contributed by atoms with Crippen molar-refractivity contribution in [3.63, 3.8) is 0 Å². The molecule has 0 aromatic heterocycles. The number of amides is 1. The fourth-order valence-electron chi connectivity index (χ4n) is 2.87. The third kappa shape index (κ3) is 4.97. The first-order chi connectivity index (χ1) is 9.63. The predicted octanol–water partition coefficient (Wildman–Crippen LogP) is 2.81. The van der Waals surface area contributed by atoms with Crippen molar-refractivity contribution in [1.29, 1.82) is 0 Å². The first kappa shape index (κ1) is 15.0. The lowest BCUT2D eigenvalue weighted by molar-refractivity contribution is -0.123. The molecule has 1 saturated carbocycles. The lowest BCUT2D eigenvalue weighted by atomic mass is 9.87. The van der Waals surface area contributed by atoms with Crippen LogP contribution in [0.15, 0.2) is 30.3 Å². The van der Waals surface area contributed by atoms with Crippen molar-refractivity contribution in [1.82, 2.24) is 10.2 Å². The zero-order chi connectivity index (χ0) is 14.4. The highest BCUT2D eigenvalue weighted by molar-refractivity contribution is 5.78. The first-order valence-electron chi connectivity index (χ1n) is 7.65. The molecule has 0 unspecified atom stereocenters. The van der Waals surface area contributed by atoms with E-state index in [9.17, 15) is 4.79 Å². The molecular formula is C17H26N2O. The average molecular weight is 274 g/mol. The lowest BCUT2D eigenvalue weighted by Gasteiger charge is -2.27. The van der Waals surface area contributed by atoms with Gasteiger partial charge >= 0.3 is 0 Å². The summed E-state index contributed by atoms with van der Waals surface area (Å²) in [6, 6.07) is 10.7. The quantitative estimate of drug-likeness (QED) is 0.895. The van der Waals surface area contributed by atoms with Crippen LogP contribution in [0, 0.1) is 5.92 Å². The Morgan fingerprint density at radius 1 is 1.20 bits per heavy atom. The molecule has 2 rings (SSSR count). The minimum atomic E-state index is 0.156. The number of hydrogen-bond acceptors (Lipinski definition) is 2. The molecule has 1 fully saturated rings. The van der Waals surface area contributed by atoms with Crippen LogP contribution in [0.3, 0.4) is 0 Å². The van der Waals surface area contributed by atoms with E-state index in [1.54, 1.807) is 0 Å². The normalized spacial score (nSPS) is 22.8. The van der Waals surface area contributed by atoms with Crippen molar-refractivity contribution < 1.29 is 4.79 Å². The van der Waals surface area contributed by atoms with E-state index in [4.69, 9.17) is 0 Å². The molecule has 0 bridgehead atoms. The van der Waals surface area contributed by atoms with Gasteiger partial charge in [-0.2, -0.15) is 0 Å². The Hall–Kier alpha value is -1.35. The van der Waals surface area contributed by atoms with Crippen molar-refractivity contribution in [2.24, 2.45) is 5.92 Å². The fourth-order valence-corrected chi connectivity index (χ4v) is 2.87. The number of carbonyl (C=O) groups is 1. The van der Waals surface area contributed by atoms with Gasteiger partial charge in [0.25, 0.3) is 0 Å². The van der Waals surface area contributed by atoms with Gasteiger partial charge < -0.3 is 5.32 Å². The Morgan fingerprint density at radius 2 is 1.85 bits per heavy atom. The van der Waals surface area contributed by atoms with Crippen LogP contribution in [-0.2, 0) is 11.3 Å². The van der Waals surface area contributed by atoms with Gasteiger partial charge in [0, 0.05) is 12.6 Å². The average Bonchev–Trinajstić information content (AvgIpc) is 2.42. The highest BCUT2D eigenvalue weighted by Crippen LogP contribution is 2.23. The van der Waals surface area contributed by atoms with E-state index in [1.165, 1.54) is 18.4 Å². The fraction of sp³-hybridized carbons (Fsp3) is 0.588. The van der Waals surface area contributed by atoms with Crippen LogP contribution in [0.4, 0.5) is 0 Å². The Bertz CT molecular complexity index is 410. The number of nitrogens with zero attached hydrogens (tertiary/aromatic N) is 1. The number of hydrogen-bond donors (Lipinski definition) is 1. The van der Waals surface area contributed by atoms with Gasteiger partial charge in [-0.3, -0.25) is 9.69 Å². The van der Waals surface area contributed by atoms with Crippen LogP contribution in [0.2, 0.25) is 0 Å². The highest BCUT2D eigenvalue weighted by Gasteiger charge is 2.20. The second kappa shape index (κ2) is 7.44. The summed E-state index contributed by atoms with van der Waals surface area (Å²) in [6.07, 6.45) is 4.75. The van der Waals surface area contributed by atoms with E-state index >= 15 is 0 Å². The van der Waals surface area contributed by atoms with Crippen LogP contribution >= 0.6 is 0 Å². The summed E-state index contributed by atoms with van der Waals surface area (Å²) in [6.45, 7) is 3.59. The molecule has 1 aromatic carbocycles. The second-order valence-corrected chi connectivity index (χ2v) is 6.18. The van der Waals surface area contributed by atoms with Gasteiger partial charge in [0.2, 0.25) is 5.91 Å². The van der Waals surface area contributed by atoms with Crippen molar-refractivity contribution >= 4 is 5.91 Å². The molecule has 110 valence electrons. The van der Waals surface area contributed by atoms with E-state index in [-0.39, 0.29) is 5.91 Å². The van der Waals surface area contributed by atoms with Crippen LogP contribution < -0.4 is 5.32 Å². The summed E-state index contributed by atoms with van der Waals surface area (Å²) in [5.41, 5.74) is 1.24. The van der Waals surface area contributed by atoms with E-state index in [1.807, 2.05) is 25.2 Å². The molecule has 0 radical (unpaired) electrons. The van der Waals surface area contributed by atoms with Gasteiger partial charge in [-0.05, 0) is 44.2 Å². The molecule has 1 aliphatic carbocycles. The highest BCUT2D eigenvalue weighted by atomic mass is 16.2. The van der Waals surface area contributed by atoms with Crippen LogP contribution in [0.1, 0.15) is 38.2 Å². The van der Waals surface area contributed by atoms with Crippen molar-refractivity contribution in [3.8, 4) is 0 Å². The maximum Gasteiger partial charge on any atom is 0.234 e. The summed E-state index contributed by atoms with van der Waals surface area (Å²) in [5, 5.41) is 3.18. The largest absolute Gasteiger partial charge is 0.352 e. The van der Waals surface area contributed by atoms with E-state index in [2.05, 4.69) is 29.3 Å². The number of likely N-dealkylation sites (N-methyl/N-ethyl adjacent to an activating group) is 1. The molecule has 0 heterocycles. The van der Waals surface area contributed by atoms with Crippen molar-refractivity contribution in [3.05, 3.63) is 35.9 Å². The molecule has 3 nitrogen and oxygen atoms in total. The Labute approximate surface area is 122 Å². The minimum Gasteiger partial charge on any atom is -0.352 e. The number of nitrogens with one attached hydrogen (secondary N) is 1. The molecular weight excluding hydrogens is 248 g/mol. The molecule has 0 saturated heterocycles. The first-order valence-corrected chi connectivity index (χ1v) is 7.65. The SMILES string of the molecule is CC1CCC(NC(=O)CN(C)Cc2ccccc2)CC1. The molecule has 0 atom stereocenters. The van der Waals surface area contributed by atoms with Gasteiger partial charge in [-0.15, -0.1) is 0 Å². The minimum absolute atomic E-state index is 0.156. The third-order valence-corrected chi connectivity index (χ3v) is 4.09. The molecule has 1 aromatic rings. The second-order valence-electron chi connectivity index (χ2n) is 6.18. The summed E-state index contributed by atoms with van der Waals surface area (Å²) in [7, 11) is 2.00. The van der Waals surface area contributed by atoms with Crippen LogP contribution in [0.25, 0.3) is 0 Å². The Kier molecular flexibility index (Phi) is 5.60. The molecule has 0 aliphatic heterocycles. The summed E-state index contributed by atoms with van der Waals surface area (Å²) in [4.78, 5) is 14.1. The van der Waals surface area contributed by atoms with Gasteiger partial charge in [0.15, 0.2) is 0 Å². The number of benzene rings is 1. The zero-order valence-electron chi connectivity index (χ0n) is 12.6. The molecule has 20 heavy (non-hydrogen) atoms. The Morgan fingerprint density at radius 3 is 2.50 bits per heavy atom. The lowest BCUT2D eigenvalue weighted by Crippen LogP contribution is -2.42. The topological polar surface area (TPSA) is 32.3 Å². The van der Waals surface area contributed by atoms with Crippen molar-refractivity contribution in [2.75, 3.05) is 13.6 Å². The number of rotatable bonds is 5. The van der Waals surface area contributed by atoms with Gasteiger partial charge in [0.05, 0.1) is 6.54 Å². The van der Waals surface area contributed by atoms with Gasteiger partial charge in [-0.1, -0.05) is 37.3 Å².